The van der Waals surface area contributed by atoms with Crippen LogP contribution in [-0.2, 0) is 0 Å². The van der Waals surface area contributed by atoms with Crippen molar-refractivity contribution in [2.75, 3.05) is 4.90 Å². The van der Waals surface area contributed by atoms with Crippen LogP contribution in [0.3, 0.4) is 0 Å². The number of anilines is 1. The van der Waals surface area contributed by atoms with Gasteiger partial charge in [0.25, 0.3) is 0 Å². The van der Waals surface area contributed by atoms with E-state index in [9.17, 15) is 0 Å². The molecule has 1 fully saturated rings. The van der Waals surface area contributed by atoms with E-state index in [4.69, 9.17) is 0 Å². The third kappa shape index (κ3) is 5.74. The van der Waals surface area contributed by atoms with Gasteiger partial charge < -0.3 is 14.0 Å². The Bertz CT molecular complexity index is 3590. The van der Waals surface area contributed by atoms with Gasteiger partial charge >= 0.3 is 0 Å². The molecular weight excluding hydrogens is 787 g/mol. The number of nitrogens with zero attached hydrogens (tertiary/aromatic N) is 3. The molecule has 3 nitrogen and oxygen atoms in total. The Morgan fingerprint density at radius 1 is 0.523 bits per heavy atom. The molecular formula is C62H49N3. The van der Waals surface area contributed by atoms with Crippen LogP contribution in [0.5, 0.6) is 0 Å². The van der Waals surface area contributed by atoms with Crippen LogP contribution in [0.2, 0.25) is 0 Å². The van der Waals surface area contributed by atoms with E-state index >= 15 is 0 Å². The Morgan fingerprint density at radius 2 is 1.22 bits per heavy atom. The molecule has 0 N–H and O–H groups in total. The summed E-state index contributed by atoms with van der Waals surface area (Å²) < 4.78 is 4.87. The van der Waals surface area contributed by atoms with Crippen LogP contribution < -0.4 is 4.90 Å². The maximum atomic E-state index is 2.74. The fourth-order valence-corrected chi connectivity index (χ4v) is 12.7. The zero-order chi connectivity index (χ0) is 42.6. The van der Waals surface area contributed by atoms with E-state index in [2.05, 4.69) is 214 Å². The normalized spacial score (nSPS) is 21.0. The maximum absolute atomic E-state index is 2.74. The van der Waals surface area contributed by atoms with Crippen LogP contribution >= 0.6 is 0 Å². The lowest BCUT2D eigenvalue weighted by Crippen LogP contribution is -2.33. The summed E-state index contributed by atoms with van der Waals surface area (Å²) in [7, 11) is 0. The fraction of sp³-hybridized carbons (Fsp3) is 0.161. The lowest BCUT2D eigenvalue weighted by atomic mass is 9.85. The summed E-state index contributed by atoms with van der Waals surface area (Å²) in [4.78, 5) is 2.74. The fourth-order valence-electron chi connectivity index (χ4n) is 12.7. The van der Waals surface area contributed by atoms with E-state index in [1.54, 1.807) is 5.56 Å². The monoisotopic (exact) mass is 835 g/mol. The zero-order valence-electron chi connectivity index (χ0n) is 36.4. The molecule has 1 saturated carbocycles. The van der Waals surface area contributed by atoms with Crippen LogP contribution in [-0.4, -0.2) is 15.2 Å². The second kappa shape index (κ2) is 14.6. The van der Waals surface area contributed by atoms with E-state index in [1.807, 2.05) is 0 Å². The van der Waals surface area contributed by atoms with Gasteiger partial charge in [-0.05, 0) is 156 Å². The van der Waals surface area contributed by atoms with Gasteiger partial charge in [-0.25, -0.2) is 0 Å². The number of fused-ring (bicyclic) bond motifs is 12. The Balaban J connectivity index is 0.919. The van der Waals surface area contributed by atoms with Gasteiger partial charge in [-0.2, -0.15) is 0 Å². The SMILES string of the molecule is C1=CC(n2c3ccccc3c3cc(-c4ccc5c(c4)C4C=C(c6ccc7c(c6)c6ccccc6n7-c6ccccc6)C=CC4N5C4=Cc5ccccc5C5CCCC5C4)ccc32)=CCC1. The van der Waals surface area contributed by atoms with Gasteiger partial charge in [-0.3, -0.25) is 0 Å². The van der Waals surface area contributed by atoms with E-state index in [-0.39, 0.29) is 12.0 Å². The minimum Gasteiger partial charge on any atom is -0.337 e. The molecule has 0 bridgehead atoms. The quantitative estimate of drug-likeness (QED) is 0.168. The summed E-state index contributed by atoms with van der Waals surface area (Å²) in [5, 5.41) is 5.18. The first kappa shape index (κ1) is 37.1. The number of allylic oxidation sites excluding steroid dienone is 7. The highest BCUT2D eigenvalue weighted by molar-refractivity contribution is 6.12. The molecule has 0 spiro atoms. The van der Waals surface area contributed by atoms with Crippen LogP contribution in [0.1, 0.15) is 72.6 Å². The highest BCUT2D eigenvalue weighted by atomic mass is 15.2. The average molecular weight is 836 g/mol. The van der Waals surface area contributed by atoms with Gasteiger partial charge in [0, 0.05) is 50.2 Å². The molecule has 65 heavy (non-hydrogen) atoms. The topological polar surface area (TPSA) is 13.1 Å². The number of para-hydroxylation sites is 3. The third-order valence-corrected chi connectivity index (χ3v) is 15.6. The molecule has 4 unspecified atom stereocenters. The number of hydrogen-bond donors (Lipinski definition) is 0. The second-order valence-electron chi connectivity index (χ2n) is 19.0. The first-order valence-corrected chi connectivity index (χ1v) is 23.9. The van der Waals surface area contributed by atoms with Crippen LogP contribution in [0, 0.1) is 5.92 Å². The van der Waals surface area contributed by atoms with Gasteiger partial charge in [0.1, 0.15) is 0 Å². The van der Waals surface area contributed by atoms with Crippen molar-refractivity contribution in [3.63, 3.8) is 0 Å². The Labute approximate surface area is 380 Å². The van der Waals surface area contributed by atoms with E-state index < -0.39 is 0 Å². The minimum atomic E-state index is 0.195. The molecule has 312 valence electrons. The van der Waals surface area contributed by atoms with Crippen molar-refractivity contribution in [2.45, 2.75) is 56.4 Å². The molecule has 0 saturated heterocycles. The smallest absolute Gasteiger partial charge is 0.0626 e. The summed E-state index contributed by atoms with van der Waals surface area (Å²) in [6.07, 6.45) is 24.3. The molecule has 9 aromatic rings. The lowest BCUT2D eigenvalue weighted by Gasteiger charge is -2.33. The van der Waals surface area contributed by atoms with Gasteiger partial charge in [0.05, 0.1) is 28.1 Å². The standard InChI is InChI=1S/C62H49N3/c1-3-16-46(17-4-1)63-57-24-11-9-21-51(57)53-36-40(26-30-59(53)63)42-28-32-61-55(38-42)56-39-43(29-33-62(56)65(61)48-34-44-14-7-8-20-49(44)50-23-13-15-45(50)35-48)41-27-31-60-54(37-41)52-22-10-12-25-58(52)64(60)47-18-5-2-6-19-47/h1,3-5,7-12,14,16-22,24-34,36-39,45,50,55,61H,2,6,13,15,23,35H2. The number of hydrogen-bond acceptors (Lipinski definition) is 1. The Morgan fingerprint density at radius 3 is 2.05 bits per heavy atom. The van der Waals surface area contributed by atoms with Crippen LogP contribution in [0.4, 0.5) is 5.69 Å². The lowest BCUT2D eigenvalue weighted by molar-refractivity contribution is 0.476. The van der Waals surface area contributed by atoms with Gasteiger partial charge in [-0.15, -0.1) is 0 Å². The highest BCUT2D eigenvalue weighted by Gasteiger charge is 2.42. The third-order valence-electron chi connectivity index (χ3n) is 15.6. The summed E-state index contributed by atoms with van der Waals surface area (Å²) in [5.74, 6) is 1.51. The van der Waals surface area contributed by atoms with Gasteiger partial charge in [0.15, 0.2) is 0 Å². The first-order valence-electron chi connectivity index (χ1n) is 23.9. The number of benzene rings is 7. The molecule has 14 rings (SSSR count). The van der Waals surface area contributed by atoms with Gasteiger partial charge in [0.2, 0.25) is 0 Å². The van der Waals surface area contributed by atoms with E-state index in [0.29, 0.717) is 11.8 Å². The predicted octanol–water partition coefficient (Wildman–Crippen LogP) is 16.0. The summed E-state index contributed by atoms with van der Waals surface area (Å²) >= 11 is 0. The predicted molar refractivity (Wildman–Crippen MR) is 274 cm³/mol. The zero-order valence-corrected chi connectivity index (χ0v) is 36.4. The molecule has 4 aliphatic carbocycles. The van der Waals surface area contributed by atoms with E-state index in [0.717, 1.165) is 19.3 Å². The molecule has 2 aromatic heterocycles. The maximum Gasteiger partial charge on any atom is 0.0626 e. The molecule has 5 aliphatic rings. The largest absolute Gasteiger partial charge is 0.337 e. The molecule has 0 radical (unpaired) electrons. The van der Waals surface area contributed by atoms with Crippen molar-refractivity contribution >= 4 is 66.6 Å². The van der Waals surface area contributed by atoms with Crippen LogP contribution in [0.15, 0.2) is 200 Å². The molecule has 0 amide bonds. The van der Waals surface area contributed by atoms with Gasteiger partial charge in [-0.1, -0.05) is 134 Å². The molecule has 1 aliphatic heterocycles. The average Bonchev–Trinajstić information content (AvgIpc) is 4.11. The summed E-state index contributed by atoms with van der Waals surface area (Å²) in [6.45, 7) is 0. The Hall–Kier alpha value is -7.36. The number of aromatic nitrogens is 2. The van der Waals surface area contributed by atoms with Crippen LogP contribution in [0.25, 0.3) is 77.8 Å². The van der Waals surface area contributed by atoms with E-state index in [1.165, 1.54) is 119 Å². The summed E-state index contributed by atoms with van der Waals surface area (Å²) in [6, 6.07) is 59.7. The van der Waals surface area contributed by atoms with Crippen molar-refractivity contribution in [1.82, 2.24) is 9.13 Å². The minimum absolute atomic E-state index is 0.195. The molecule has 3 heteroatoms. The molecule has 3 heterocycles. The Kier molecular flexibility index (Phi) is 8.32. The highest BCUT2D eigenvalue weighted by Crippen LogP contribution is 2.53. The number of rotatable bonds is 5. The van der Waals surface area contributed by atoms with Crippen molar-refractivity contribution in [3.8, 4) is 16.8 Å². The summed E-state index contributed by atoms with van der Waals surface area (Å²) in [5.41, 5.74) is 19.7. The van der Waals surface area contributed by atoms with Crippen molar-refractivity contribution in [1.29, 1.82) is 0 Å². The first-order chi connectivity index (χ1) is 32.2. The van der Waals surface area contributed by atoms with Crippen molar-refractivity contribution in [3.05, 3.63) is 222 Å². The van der Waals surface area contributed by atoms with Crippen molar-refractivity contribution < 1.29 is 0 Å². The molecule has 4 atom stereocenters. The van der Waals surface area contributed by atoms with Crippen molar-refractivity contribution in [2.24, 2.45) is 5.92 Å². The second-order valence-corrected chi connectivity index (χ2v) is 19.0. The molecule has 7 aromatic carbocycles.